The SMILES string of the molecule is O=C(N[C@H]1CCCc2ccccc21)c1cn2c(c(O)c1=O)C(=O)N1CCCOC1C2. The molecule has 156 valence electrons. The monoisotopic (exact) mass is 409 g/mol. The van der Waals surface area contributed by atoms with Gasteiger partial charge < -0.3 is 24.6 Å². The molecule has 1 saturated heterocycles. The molecule has 2 aromatic rings. The second kappa shape index (κ2) is 7.28. The van der Waals surface area contributed by atoms with Gasteiger partial charge in [-0.05, 0) is 36.8 Å². The maximum atomic E-state index is 13.0. The van der Waals surface area contributed by atoms with E-state index in [9.17, 15) is 19.5 Å². The van der Waals surface area contributed by atoms with Crippen molar-refractivity contribution in [1.82, 2.24) is 14.8 Å². The summed E-state index contributed by atoms with van der Waals surface area (Å²) in [5, 5.41) is 13.4. The van der Waals surface area contributed by atoms with Crippen molar-refractivity contribution in [2.75, 3.05) is 13.2 Å². The molecular weight excluding hydrogens is 386 g/mol. The Morgan fingerprint density at radius 2 is 2.03 bits per heavy atom. The van der Waals surface area contributed by atoms with E-state index >= 15 is 0 Å². The molecule has 2 N–H and O–H groups in total. The molecule has 1 fully saturated rings. The smallest absolute Gasteiger partial charge is 0.276 e. The lowest BCUT2D eigenvalue weighted by atomic mass is 9.87. The highest BCUT2D eigenvalue weighted by molar-refractivity contribution is 5.99. The van der Waals surface area contributed by atoms with E-state index in [0.717, 1.165) is 24.8 Å². The number of aryl methyl sites for hydroxylation is 1. The molecule has 1 unspecified atom stereocenters. The highest BCUT2D eigenvalue weighted by Crippen LogP contribution is 2.30. The summed E-state index contributed by atoms with van der Waals surface area (Å²) >= 11 is 0. The number of hydrogen-bond donors (Lipinski definition) is 2. The molecule has 8 nitrogen and oxygen atoms in total. The van der Waals surface area contributed by atoms with Gasteiger partial charge in [-0.1, -0.05) is 24.3 Å². The van der Waals surface area contributed by atoms with E-state index in [4.69, 9.17) is 4.74 Å². The van der Waals surface area contributed by atoms with Crippen LogP contribution in [0.2, 0.25) is 0 Å². The van der Waals surface area contributed by atoms with Crippen molar-refractivity contribution in [3.63, 3.8) is 0 Å². The van der Waals surface area contributed by atoms with Crippen LogP contribution in [-0.2, 0) is 17.7 Å². The van der Waals surface area contributed by atoms with Gasteiger partial charge in [-0.2, -0.15) is 0 Å². The quantitative estimate of drug-likeness (QED) is 0.784. The van der Waals surface area contributed by atoms with Gasteiger partial charge in [-0.3, -0.25) is 14.4 Å². The fourth-order valence-electron chi connectivity index (χ4n) is 4.70. The molecule has 0 spiro atoms. The number of hydrogen-bond acceptors (Lipinski definition) is 5. The largest absolute Gasteiger partial charge is 0.503 e. The molecule has 1 aliphatic carbocycles. The lowest BCUT2D eigenvalue weighted by molar-refractivity contribution is -0.0920. The fraction of sp³-hybridized carbons (Fsp3) is 0.409. The molecule has 0 radical (unpaired) electrons. The summed E-state index contributed by atoms with van der Waals surface area (Å²) in [6.07, 6.45) is 4.31. The number of aromatic nitrogens is 1. The van der Waals surface area contributed by atoms with Gasteiger partial charge in [0.15, 0.2) is 17.7 Å². The second-order valence-electron chi connectivity index (χ2n) is 8.02. The maximum Gasteiger partial charge on any atom is 0.276 e. The number of benzene rings is 1. The Hall–Kier alpha value is -3.13. The third-order valence-corrected chi connectivity index (χ3v) is 6.19. The van der Waals surface area contributed by atoms with Crippen LogP contribution in [0.4, 0.5) is 0 Å². The Morgan fingerprint density at radius 3 is 2.90 bits per heavy atom. The number of fused-ring (bicyclic) bond motifs is 3. The summed E-state index contributed by atoms with van der Waals surface area (Å²) in [6, 6.07) is 7.76. The standard InChI is InChI=1S/C22H23N3O5/c26-19-15(21(28)23-16-8-3-6-13-5-1-2-7-14(13)16)11-24-12-17-25(9-4-10-30-17)22(29)18(24)20(19)27/h1-2,5,7,11,16-17,27H,3-4,6,8-10,12H2,(H,23,28)/t16-,17?/m0/s1. The maximum absolute atomic E-state index is 13.0. The predicted molar refractivity (Wildman–Crippen MR) is 107 cm³/mol. The van der Waals surface area contributed by atoms with Crippen LogP contribution in [0.25, 0.3) is 0 Å². The number of carbonyl (C=O) groups is 2. The summed E-state index contributed by atoms with van der Waals surface area (Å²) in [7, 11) is 0. The lowest BCUT2D eigenvalue weighted by Crippen LogP contribution is -2.53. The van der Waals surface area contributed by atoms with Crippen molar-refractivity contribution in [1.29, 1.82) is 0 Å². The lowest BCUT2D eigenvalue weighted by Gasteiger charge is -2.40. The first-order valence-electron chi connectivity index (χ1n) is 10.3. The Morgan fingerprint density at radius 1 is 1.20 bits per heavy atom. The minimum atomic E-state index is -0.826. The summed E-state index contributed by atoms with van der Waals surface area (Å²) in [5.74, 6) is -1.68. The zero-order valence-electron chi connectivity index (χ0n) is 16.5. The first kappa shape index (κ1) is 18.9. The number of amides is 2. The van der Waals surface area contributed by atoms with Crippen LogP contribution in [0.3, 0.4) is 0 Å². The van der Waals surface area contributed by atoms with Crippen LogP contribution >= 0.6 is 0 Å². The summed E-state index contributed by atoms with van der Waals surface area (Å²) in [6.45, 7) is 1.33. The second-order valence-corrected chi connectivity index (χ2v) is 8.02. The van der Waals surface area contributed by atoms with E-state index < -0.39 is 29.2 Å². The predicted octanol–water partition coefficient (Wildman–Crippen LogP) is 1.56. The third-order valence-electron chi connectivity index (χ3n) is 6.19. The van der Waals surface area contributed by atoms with Crippen molar-refractivity contribution >= 4 is 11.8 Å². The number of aromatic hydroxyl groups is 1. The number of rotatable bonds is 2. The Bertz CT molecular complexity index is 1090. The third kappa shape index (κ3) is 2.99. The van der Waals surface area contributed by atoms with Crippen LogP contribution in [0.5, 0.6) is 5.75 Å². The number of ether oxygens (including phenoxy) is 1. The molecule has 8 heteroatoms. The van der Waals surface area contributed by atoms with Crippen molar-refractivity contribution in [2.24, 2.45) is 0 Å². The average Bonchev–Trinajstić information content (AvgIpc) is 2.76. The van der Waals surface area contributed by atoms with Crippen molar-refractivity contribution < 1.29 is 19.4 Å². The van der Waals surface area contributed by atoms with Gasteiger partial charge in [0.2, 0.25) is 5.43 Å². The first-order valence-corrected chi connectivity index (χ1v) is 10.3. The van der Waals surface area contributed by atoms with Crippen LogP contribution in [0, 0.1) is 0 Å². The minimum absolute atomic E-state index is 0.0821. The number of nitrogens with one attached hydrogen (secondary N) is 1. The molecule has 0 bridgehead atoms. The van der Waals surface area contributed by atoms with Gasteiger partial charge in [-0.25, -0.2) is 0 Å². The highest BCUT2D eigenvalue weighted by Gasteiger charge is 2.38. The highest BCUT2D eigenvalue weighted by atomic mass is 16.5. The van der Waals surface area contributed by atoms with E-state index in [1.807, 2.05) is 18.2 Å². The van der Waals surface area contributed by atoms with Crippen molar-refractivity contribution in [3.05, 3.63) is 63.1 Å². The molecule has 2 atom stereocenters. The molecule has 30 heavy (non-hydrogen) atoms. The number of carbonyl (C=O) groups excluding carboxylic acids is 2. The van der Waals surface area contributed by atoms with Gasteiger partial charge in [0.05, 0.1) is 19.2 Å². The van der Waals surface area contributed by atoms with Crippen molar-refractivity contribution in [3.8, 4) is 5.75 Å². The van der Waals surface area contributed by atoms with Gasteiger partial charge in [-0.15, -0.1) is 0 Å². The summed E-state index contributed by atoms with van der Waals surface area (Å²) in [5.41, 5.74) is 1.17. The van der Waals surface area contributed by atoms with E-state index in [2.05, 4.69) is 11.4 Å². The molecule has 5 rings (SSSR count). The molecule has 3 heterocycles. The number of nitrogens with zero attached hydrogens (tertiary/aromatic N) is 2. The normalized spacial score (nSPS) is 22.7. The summed E-state index contributed by atoms with van der Waals surface area (Å²) < 4.78 is 7.13. The molecule has 3 aliphatic rings. The zero-order chi connectivity index (χ0) is 20.8. The molecule has 1 aromatic heterocycles. The molecule has 2 amide bonds. The van der Waals surface area contributed by atoms with Crippen LogP contribution in [0.15, 0.2) is 35.3 Å². The van der Waals surface area contributed by atoms with Gasteiger partial charge in [0.25, 0.3) is 11.8 Å². The molecule has 1 aromatic carbocycles. The van der Waals surface area contributed by atoms with Crippen LogP contribution in [0.1, 0.15) is 57.3 Å². The van der Waals surface area contributed by atoms with E-state index in [1.54, 1.807) is 0 Å². The van der Waals surface area contributed by atoms with E-state index in [1.165, 1.54) is 21.2 Å². The van der Waals surface area contributed by atoms with Gasteiger partial charge >= 0.3 is 0 Å². The molecule has 2 aliphatic heterocycles. The Labute approximate surface area is 173 Å². The Balaban J connectivity index is 1.48. The molecular formula is C22H23N3O5. The summed E-state index contributed by atoms with van der Waals surface area (Å²) in [4.78, 5) is 40.0. The van der Waals surface area contributed by atoms with Gasteiger partial charge in [0, 0.05) is 12.7 Å². The topological polar surface area (TPSA) is 101 Å². The average molecular weight is 409 g/mol. The van der Waals surface area contributed by atoms with Crippen LogP contribution < -0.4 is 10.7 Å². The zero-order valence-corrected chi connectivity index (χ0v) is 16.5. The molecule has 0 saturated carbocycles. The first-order chi connectivity index (χ1) is 14.5. The van der Waals surface area contributed by atoms with Crippen molar-refractivity contribution in [2.45, 2.75) is 44.5 Å². The van der Waals surface area contributed by atoms with Crippen LogP contribution in [-0.4, -0.2) is 45.8 Å². The van der Waals surface area contributed by atoms with Gasteiger partial charge in [0.1, 0.15) is 5.56 Å². The van der Waals surface area contributed by atoms with E-state index in [-0.39, 0.29) is 23.8 Å². The minimum Gasteiger partial charge on any atom is -0.503 e. The Kier molecular flexibility index (Phi) is 4.58. The fourth-order valence-corrected chi connectivity index (χ4v) is 4.70. The van der Waals surface area contributed by atoms with E-state index in [0.29, 0.717) is 19.6 Å². The number of pyridine rings is 1.